The van der Waals surface area contributed by atoms with Gasteiger partial charge in [0.1, 0.15) is 5.75 Å². The third-order valence-corrected chi connectivity index (χ3v) is 3.44. The van der Waals surface area contributed by atoms with Gasteiger partial charge in [-0.15, -0.1) is 0 Å². The quantitative estimate of drug-likeness (QED) is 0.827. The lowest BCUT2D eigenvalue weighted by Gasteiger charge is -2.23. The molecule has 0 spiro atoms. The van der Waals surface area contributed by atoms with Crippen LogP contribution in [0.3, 0.4) is 0 Å². The summed E-state index contributed by atoms with van der Waals surface area (Å²) in [6, 6.07) is 8.06. The number of amides is 1. The Morgan fingerprint density at radius 2 is 2.05 bits per heavy atom. The highest BCUT2D eigenvalue weighted by Gasteiger charge is 2.16. The van der Waals surface area contributed by atoms with Crippen LogP contribution in [0.25, 0.3) is 0 Å². The first-order valence-electron chi connectivity index (χ1n) is 7.48. The minimum Gasteiger partial charge on any atom is -0.484 e. The van der Waals surface area contributed by atoms with Gasteiger partial charge in [0.15, 0.2) is 6.61 Å². The van der Waals surface area contributed by atoms with Crippen molar-refractivity contribution in [1.29, 1.82) is 0 Å². The molecule has 0 aromatic heterocycles. The van der Waals surface area contributed by atoms with Crippen LogP contribution in [0, 0.1) is 0 Å². The molecule has 116 valence electrons. The third-order valence-electron chi connectivity index (χ3n) is 3.44. The minimum atomic E-state index is -0.0819. The molecule has 1 fully saturated rings. The lowest BCUT2D eigenvalue weighted by Crippen LogP contribution is -2.41. The number of nitrogens with one attached hydrogen (secondary N) is 1. The molecular formula is C16H24N2O3. The van der Waals surface area contributed by atoms with Crippen molar-refractivity contribution in [3.05, 3.63) is 29.8 Å². The highest BCUT2D eigenvalue weighted by Crippen LogP contribution is 2.13. The van der Waals surface area contributed by atoms with Crippen LogP contribution >= 0.6 is 0 Å². The number of carbonyl (C=O) groups is 1. The normalized spacial score (nSPS) is 17.2. The minimum absolute atomic E-state index is 0.0456. The second-order valence-electron chi connectivity index (χ2n) is 5.57. The van der Waals surface area contributed by atoms with Crippen LogP contribution in [0.2, 0.25) is 0 Å². The van der Waals surface area contributed by atoms with E-state index in [-0.39, 0.29) is 24.6 Å². The summed E-state index contributed by atoms with van der Waals surface area (Å²) in [7, 11) is 0. The van der Waals surface area contributed by atoms with Crippen LogP contribution in [0.5, 0.6) is 5.75 Å². The fourth-order valence-corrected chi connectivity index (χ4v) is 2.35. The lowest BCUT2D eigenvalue weighted by molar-refractivity contribution is -0.124. The SMILES string of the molecule is CC(N)Cc1ccc(OCC(=O)NC2CCOCC2)cc1. The monoisotopic (exact) mass is 292 g/mol. The van der Waals surface area contributed by atoms with Gasteiger partial charge < -0.3 is 20.5 Å². The van der Waals surface area contributed by atoms with E-state index < -0.39 is 0 Å². The molecule has 3 N–H and O–H groups in total. The van der Waals surface area contributed by atoms with E-state index in [9.17, 15) is 4.79 Å². The van der Waals surface area contributed by atoms with Gasteiger partial charge in [-0.05, 0) is 43.9 Å². The Hall–Kier alpha value is -1.59. The van der Waals surface area contributed by atoms with Gasteiger partial charge in [0, 0.05) is 25.3 Å². The maximum absolute atomic E-state index is 11.8. The van der Waals surface area contributed by atoms with Gasteiger partial charge in [-0.1, -0.05) is 12.1 Å². The molecular weight excluding hydrogens is 268 g/mol. The number of carbonyl (C=O) groups excluding carboxylic acids is 1. The molecule has 0 bridgehead atoms. The first-order chi connectivity index (χ1) is 10.1. The largest absolute Gasteiger partial charge is 0.484 e. The Bertz CT molecular complexity index is 439. The molecule has 1 aliphatic rings. The van der Waals surface area contributed by atoms with Crippen molar-refractivity contribution in [3.8, 4) is 5.75 Å². The van der Waals surface area contributed by atoms with Crippen LogP contribution in [0.15, 0.2) is 24.3 Å². The van der Waals surface area contributed by atoms with Crippen molar-refractivity contribution in [2.75, 3.05) is 19.8 Å². The first kappa shape index (κ1) is 15.8. The summed E-state index contributed by atoms with van der Waals surface area (Å²) in [6.07, 6.45) is 2.58. The molecule has 2 rings (SSSR count). The molecule has 0 radical (unpaired) electrons. The highest BCUT2D eigenvalue weighted by molar-refractivity contribution is 5.77. The molecule has 1 unspecified atom stereocenters. The summed E-state index contributed by atoms with van der Waals surface area (Å²) >= 11 is 0. The zero-order valence-corrected chi connectivity index (χ0v) is 12.5. The summed E-state index contributed by atoms with van der Waals surface area (Å²) in [5, 5.41) is 2.97. The Labute approximate surface area is 125 Å². The summed E-state index contributed by atoms with van der Waals surface area (Å²) in [4.78, 5) is 11.8. The molecule has 5 nitrogen and oxygen atoms in total. The number of nitrogens with two attached hydrogens (primary N) is 1. The Kier molecular flexibility index (Phi) is 6.02. The molecule has 1 amide bonds. The fourth-order valence-electron chi connectivity index (χ4n) is 2.35. The van der Waals surface area contributed by atoms with E-state index in [1.165, 1.54) is 5.56 Å². The molecule has 1 aromatic rings. The van der Waals surface area contributed by atoms with E-state index >= 15 is 0 Å². The van der Waals surface area contributed by atoms with Gasteiger partial charge in [0.2, 0.25) is 0 Å². The van der Waals surface area contributed by atoms with E-state index in [0.717, 1.165) is 19.3 Å². The summed E-state index contributed by atoms with van der Waals surface area (Å²) in [6.45, 7) is 3.45. The van der Waals surface area contributed by atoms with Gasteiger partial charge in [0.05, 0.1) is 0 Å². The van der Waals surface area contributed by atoms with E-state index in [2.05, 4.69) is 5.32 Å². The van der Waals surface area contributed by atoms with Gasteiger partial charge >= 0.3 is 0 Å². The Morgan fingerprint density at radius 1 is 1.38 bits per heavy atom. The van der Waals surface area contributed by atoms with Crippen LogP contribution in [-0.4, -0.2) is 37.8 Å². The molecule has 1 atom stereocenters. The number of rotatable bonds is 6. The standard InChI is InChI=1S/C16H24N2O3/c1-12(17)10-13-2-4-15(5-3-13)21-11-16(19)18-14-6-8-20-9-7-14/h2-5,12,14H,6-11,17H2,1H3,(H,18,19). The van der Waals surface area contributed by atoms with Gasteiger partial charge in [-0.3, -0.25) is 4.79 Å². The zero-order valence-electron chi connectivity index (χ0n) is 12.5. The maximum atomic E-state index is 11.8. The lowest BCUT2D eigenvalue weighted by atomic mass is 10.1. The topological polar surface area (TPSA) is 73.6 Å². The molecule has 1 aliphatic heterocycles. The van der Waals surface area contributed by atoms with Crippen molar-refractivity contribution in [2.45, 2.75) is 38.3 Å². The van der Waals surface area contributed by atoms with Crippen molar-refractivity contribution in [3.63, 3.8) is 0 Å². The summed E-state index contributed by atoms with van der Waals surface area (Å²) in [5.74, 6) is 0.618. The Morgan fingerprint density at radius 3 is 2.67 bits per heavy atom. The fraction of sp³-hybridized carbons (Fsp3) is 0.562. The van der Waals surface area contributed by atoms with Crippen molar-refractivity contribution < 1.29 is 14.3 Å². The first-order valence-corrected chi connectivity index (χ1v) is 7.48. The summed E-state index contributed by atoms with van der Waals surface area (Å²) in [5.41, 5.74) is 6.93. The van der Waals surface area contributed by atoms with Crippen molar-refractivity contribution >= 4 is 5.91 Å². The average Bonchev–Trinajstić information content (AvgIpc) is 2.47. The number of benzene rings is 1. The average molecular weight is 292 g/mol. The van der Waals surface area contributed by atoms with E-state index in [1.54, 1.807) is 0 Å². The smallest absolute Gasteiger partial charge is 0.258 e. The van der Waals surface area contributed by atoms with E-state index in [1.807, 2.05) is 31.2 Å². The zero-order chi connectivity index (χ0) is 15.1. The molecule has 0 aliphatic carbocycles. The Balaban J connectivity index is 1.73. The molecule has 5 heteroatoms. The van der Waals surface area contributed by atoms with E-state index in [4.69, 9.17) is 15.2 Å². The maximum Gasteiger partial charge on any atom is 0.258 e. The predicted octanol–water partition coefficient (Wildman–Crippen LogP) is 1.25. The second kappa shape index (κ2) is 8.00. The summed E-state index contributed by atoms with van der Waals surface area (Å²) < 4.78 is 10.8. The van der Waals surface area contributed by atoms with Gasteiger partial charge in [-0.25, -0.2) is 0 Å². The second-order valence-corrected chi connectivity index (χ2v) is 5.57. The van der Waals surface area contributed by atoms with E-state index in [0.29, 0.717) is 19.0 Å². The van der Waals surface area contributed by atoms with Crippen LogP contribution in [0.1, 0.15) is 25.3 Å². The molecule has 1 saturated heterocycles. The predicted molar refractivity (Wildman–Crippen MR) is 81.3 cm³/mol. The number of hydrogen-bond acceptors (Lipinski definition) is 4. The van der Waals surface area contributed by atoms with Crippen LogP contribution < -0.4 is 15.8 Å². The van der Waals surface area contributed by atoms with Crippen molar-refractivity contribution in [1.82, 2.24) is 5.32 Å². The van der Waals surface area contributed by atoms with Crippen LogP contribution in [0.4, 0.5) is 0 Å². The number of ether oxygens (including phenoxy) is 2. The van der Waals surface area contributed by atoms with Crippen LogP contribution in [-0.2, 0) is 16.0 Å². The molecule has 21 heavy (non-hydrogen) atoms. The molecule has 0 saturated carbocycles. The third kappa shape index (κ3) is 5.73. The molecule has 1 aromatic carbocycles. The molecule has 1 heterocycles. The number of hydrogen-bond donors (Lipinski definition) is 2. The van der Waals surface area contributed by atoms with Gasteiger partial charge in [0.25, 0.3) is 5.91 Å². The van der Waals surface area contributed by atoms with Gasteiger partial charge in [-0.2, -0.15) is 0 Å². The van der Waals surface area contributed by atoms with Crippen molar-refractivity contribution in [2.24, 2.45) is 5.73 Å². The highest BCUT2D eigenvalue weighted by atomic mass is 16.5.